The summed E-state index contributed by atoms with van der Waals surface area (Å²) in [6.07, 6.45) is 0. The third-order valence-corrected chi connectivity index (χ3v) is 3.97. The molecular formula is C19H18ClN3O3. The van der Waals surface area contributed by atoms with Gasteiger partial charge in [-0.05, 0) is 30.2 Å². The normalized spacial score (nSPS) is 10.9. The van der Waals surface area contributed by atoms with Crippen LogP contribution < -0.4 is 15.6 Å². The molecule has 0 spiro atoms. The Morgan fingerprint density at radius 3 is 2.65 bits per heavy atom. The molecule has 1 amide bonds. The van der Waals surface area contributed by atoms with Gasteiger partial charge in [0, 0.05) is 11.1 Å². The van der Waals surface area contributed by atoms with Crippen molar-refractivity contribution >= 4 is 34.0 Å². The summed E-state index contributed by atoms with van der Waals surface area (Å²) in [5.74, 6) is 0.500. The van der Waals surface area contributed by atoms with Crippen LogP contribution in [0.3, 0.4) is 0 Å². The second kappa shape index (κ2) is 7.58. The van der Waals surface area contributed by atoms with Crippen LogP contribution in [0.2, 0.25) is 5.02 Å². The minimum atomic E-state index is -0.440. The number of halogens is 1. The summed E-state index contributed by atoms with van der Waals surface area (Å²) in [5.41, 5.74) is 0.303. The number of benzene rings is 2. The van der Waals surface area contributed by atoms with Gasteiger partial charge in [-0.25, -0.2) is 5.10 Å². The Balaban J connectivity index is 1.84. The largest absolute Gasteiger partial charge is 0.492 e. The van der Waals surface area contributed by atoms with Crippen molar-refractivity contribution in [1.82, 2.24) is 10.2 Å². The fourth-order valence-electron chi connectivity index (χ4n) is 2.43. The van der Waals surface area contributed by atoms with Crippen molar-refractivity contribution in [2.24, 2.45) is 5.92 Å². The highest BCUT2D eigenvalue weighted by Gasteiger charge is 2.15. The van der Waals surface area contributed by atoms with Gasteiger partial charge in [0.2, 0.25) is 0 Å². The van der Waals surface area contributed by atoms with Crippen molar-refractivity contribution < 1.29 is 9.53 Å². The molecule has 0 atom stereocenters. The maximum atomic E-state index is 12.6. The van der Waals surface area contributed by atoms with Crippen LogP contribution >= 0.6 is 11.6 Å². The number of aromatic nitrogens is 2. The van der Waals surface area contributed by atoms with Gasteiger partial charge in [0.15, 0.2) is 5.69 Å². The number of rotatable bonds is 5. The zero-order chi connectivity index (χ0) is 18.7. The third-order valence-electron chi connectivity index (χ3n) is 3.67. The van der Waals surface area contributed by atoms with E-state index in [9.17, 15) is 9.59 Å². The summed E-state index contributed by atoms with van der Waals surface area (Å²) in [4.78, 5) is 24.4. The van der Waals surface area contributed by atoms with Gasteiger partial charge in [-0.2, -0.15) is 5.10 Å². The fraction of sp³-hybridized carbons (Fsp3) is 0.211. The molecule has 3 rings (SSSR count). The summed E-state index contributed by atoms with van der Waals surface area (Å²) in [6.45, 7) is 4.65. The summed E-state index contributed by atoms with van der Waals surface area (Å²) < 4.78 is 5.62. The molecule has 26 heavy (non-hydrogen) atoms. The number of amides is 1. The Kier molecular flexibility index (Phi) is 5.23. The van der Waals surface area contributed by atoms with Crippen LogP contribution in [-0.2, 0) is 0 Å². The zero-order valence-corrected chi connectivity index (χ0v) is 15.1. The number of ether oxygens (including phenoxy) is 1. The van der Waals surface area contributed by atoms with E-state index in [1.165, 1.54) is 0 Å². The number of nitrogens with one attached hydrogen (secondary N) is 2. The van der Waals surface area contributed by atoms with Crippen LogP contribution in [-0.4, -0.2) is 22.7 Å². The lowest BCUT2D eigenvalue weighted by Gasteiger charge is -2.12. The van der Waals surface area contributed by atoms with Crippen LogP contribution in [0.15, 0.2) is 47.3 Å². The van der Waals surface area contributed by atoms with E-state index >= 15 is 0 Å². The average Bonchev–Trinajstić information content (AvgIpc) is 2.61. The first-order valence-corrected chi connectivity index (χ1v) is 8.54. The maximum Gasteiger partial charge on any atom is 0.276 e. The summed E-state index contributed by atoms with van der Waals surface area (Å²) in [7, 11) is 0. The number of anilines is 1. The second-order valence-corrected chi connectivity index (χ2v) is 6.66. The quantitative estimate of drug-likeness (QED) is 0.713. The van der Waals surface area contributed by atoms with Crippen LogP contribution in [0.4, 0.5) is 5.69 Å². The Morgan fingerprint density at radius 1 is 1.23 bits per heavy atom. The highest BCUT2D eigenvalue weighted by Crippen LogP contribution is 2.28. The van der Waals surface area contributed by atoms with Crippen LogP contribution in [0.25, 0.3) is 10.8 Å². The van der Waals surface area contributed by atoms with E-state index in [-0.39, 0.29) is 11.3 Å². The van der Waals surface area contributed by atoms with Crippen LogP contribution in [0.1, 0.15) is 24.3 Å². The molecule has 0 radical (unpaired) electrons. The van der Waals surface area contributed by atoms with Crippen molar-refractivity contribution in [2.45, 2.75) is 13.8 Å². The van der Waals surface area contributed by atoms with E-state index in [1.807, 2.05) is 13.8 Å². The molecular weight excluding hydrogens is 354 g/mol. The number of H-pyrrole nitrogens is 1. The summed E-state index contributed by atoms with van der Waals surface area (Å²) in [6, 6.07) is 11.8. The smallest absolute Gasteiger partial charge is 0.276 e. The Bertz CT molecular complexity index is 1010. The van der Waals surface area contributed by atoms with Gasteiger partial charge >= 0.3 is 0 Å². The first-order valence-electron chi connectivity index (χ1n) is 8.17. The van der Waals surface area contributed by atoms with E-state index in [4.69, 9.17) is 16.3 Å². The van der Waals surface area contributed by atoms with Crippen molar-refractivity contribution in [3.63, 3.8) is 0 Å². The predicted molar refractivity (Wildman–Crippen MR) is 102 cm³/mol. The lowest BCUT2D eigenvalue weighted by Crippen LogP contribution is -2.19. The molecule has 0 unspecified atom stereocenters. The lowest BCUT2D eigenvalue weighted by atomic mass is 10.1. The molecule has 0 saturated carbocycles. The molecule has 6 nitrogen and oxygen atoms in total. The molecule has 2 N–H and O–H groups in total. The minimum Gasteiger partial charge on any atom is -0.492 e. The molecule has 0 bridgehead atoms. The molecule has 134 valence electrons. The number of hydrogen-bond acceptors (Lipinski definition) is 4. The summed E-state index contributed by atoms with van der Waals surface area (Å²) >= 11 is 6.22. The van der Waals surface area contributed by atoms with Gasteiger partial charge in [-0.3, -0.25) is 9.59 Å². The van der Waals surface area contributed by atoms with E-state index in [1.54, 1.807) is 42.5 Å². The predicted octanol–water partition coefficient (Wildman–Crippen LogP) is 3.86. The third kappa shape index (κ3) is 3.86. The number of aromatic amines is 1. The molecule has 0 aliphatic heterocycles. The summed E-state index contributed by atoms with van der Waals surface area (Å²) in [5, 5.41) is 10.3. The molecule has 0 aliphatic carbocycles. The Hall–Kier alpha value is -2.86. The van der Waals surface area contributed by atoms with Gasteiger partial charge < -0.3 is 10.1 Å². The van der Waals surface area contributed by atoms with E-state index in [0.29, 0.717) is 39.8 Å². The Morgan fingerprint density at radius 2 is 1.96 bits per heavy atom. The molecule has 7 heteroatoms. The molecule has 1 aromatic heterocycles. The van der Waals surface area contributed by atoms with Gasteiger partial charge in [-0.1, -0.05) is 43.6 Å². The van der Waals surface area contributed by atoms with Gasteiger partial charge in [0.1, 0.15) is 5.75 Å². The first-order chi connectivity index (χ1) is 12.5. The number of carbonyl (C=O) groups excluding carboxylic acids is 1. The molecule has 0 aliphatic rings. The van der Waals surface area contributed by atoms with Crippen LogP contribution in [0, 0.1) is 5.92 Å². The topological polar surface area (TPSA) is 84.1 Å². The number of hydrogen-bond donors (Lipinski definition) is 2. The highest BCUT2D eigenvalue weighted by molar-refractivity contribution is 6.32. The molecule has 2 aromatic carbocycles. The van der Waals surface area contributed by atoms with Crippen molar-refractivity contribution in [3.8, 4) is 5.75 Å². The lowest BCUT2D eigenvalue weighted by molar-refractivity contribution is 0.102. The van der Waals surface area contributed by atoms with Gasteiger partial charge in [0.25, 0.3) is 11.5 Å². The van der Waals surface area contributed by atoms with E-state index in [2.05, 4.69) is 15.5 Å². The van der Waals surface area contributed by atoms with E-state index in [0.717, 1.165) is 0 Å². The SMILES string of the molecule is CC(C)COc1ccc(NC(=O)c2n[nH]c(=O)c3ccccc23)cc1Cl. The maximum absolute atomic E-state index is 12.6. The fourth-order valence-corrected chi connectivity index (χ4v) is 2.67. The monoisotopic (exact) mass is 371 g/mol. The van der Waals surface area contributed by atoms with Crippen LogP contribution in [0.5, 0.6) is 5.75 Å². The molecule has 3 aromatic rings. The number of carbonyl (C=O) groups is 1. The second-order valence-electron chi connectivity index (χ2n) is 6.25. The first kappa shape index (κ1) is 17.9. The average molecular weight is 372 g/mol. The molecule has 0 saturated heterocycles. The van der Waals surface area contributed by atoms with Crippen molar-refractivity contribution in [1.29, 1.82) is 0 Å². The molecule has 0 fully saturated rings. The number of fused-ring (bicyclic) bond motifs is 1. The minimum absolute atomic E-state index is 0.136. The Labute approximate surface area is 155 Å². The molecule has 1 heterocycles. The zero-order valence-electron chi connectivity index (χ0n) is 14.4. The number of nitrogens with zero attached hydrogens (tertiary/aromatic N) is 1. The van der Waals surface area contributed by atoms with Crippen molar-refractivity contribution in [2.75, 3.05) is 11.9 Å². The standard InChI is InChI=1S/C19H18ClN3O3/c1-11(2)10-26-16-8-7-12(9-15(16)20)21-19(25)17-13-5-3-4-6-14(13)18(24)23-22-17/h3-9,11H,10H2,1-2H3,(H,21,25)(H,23,24). The van der Waals surface area contributed by atoms with Gasteiger partial charge in [0.05, 0.1) is 17.0 Å². The van der Waals surface area contributed by atoms with Crippen molar-refractivity contribution in [3.05, 3.63) is 63.5 Å². The van der Waals surface area contributed by atoms with E-state index < -0.39 is 5.91 Å². The van der Waals surface area contributed by atoms with Gasteiger partial charge in [-0.15, -0.1) is 0 Å². The highest BCUT2D eigenvalue weighted by atomic mass is 35.5.